The van der Waals surface area contributed by atoms with Gasteiger partial charge >= 0.3 is 6.03 Å². The molecule has 3 aromatic rings. The highest BCUT2D eigenvalue weighted by Gasteiger charge is 2.25. The van der Waals surface area contributed by atoms with Crippen molar-refractivity contribution >= 4 is 34.5 Å². The van der Waals surface area contributed by atoms with Crippen LogP contribution in [0.1, 0.15) is 29.2 Å². The zero-order chi connectivity index (χ0) is 21.1. The van der Waals surface area contributed by atoms with Crippen molar-refractivity contribution in [1.29, 1.82) is 0 Å². The molecular weight excluding hydrogens is 374 g/mol. The van der Waals surface area contributed by atoms with Gasteiger partial charge in [0.1, 0.15) is 0 Å². The molecule has 0 radical (unpaired) electrons. The Morgan fingerprint density at radius 3 is 2.37 bits per heavy atom. The number of nitrogens with one attached hydrogen (secondary N) is 2. The predicted octanol–water partition coefficient (Wildman–Crippen LogP) is 4.85. The van der Waals surface area contributed by atoms with E-state index < -0.39 is 5.91 Å². The number of urea groups is 1. The van der Waals surface area contributed by atoms with Crippen LogP contribution in [0.4, 0.5) is 16.2 Å². The minimum Gasteiger partial charge on any atom is -0.366 e. The molecule has 0 aliphatic heterocycles. The van der Waals surface area contributed by atoms with Gasteiger partial charge in [-0.25, -0.2) is 4.79 Å². The minimum absolute atomic E-state index is 0.304. The lowest BCUT2D eigenvalue weighted by atomic mass is 9.99. The van der Waals surface area contributed by atoms with Gasteiger partial charge in [0.15, 0.2) is 0 Å². The van der Waals surface area contributed by atoms with E-state index >= 15 is 0 Å². The number of fused-ring (bicyclic) bond motifs is 1. The van der Waals surface area contributed by atoms with Crippen LogP contribution in [0.5, 0.6) is 0 Å². The topological polar surface area (TPSA) is 84.2 Å². The minimum atomic E-state index is -0.425. The van der Waals surface area contributed by atoms with Gasteiger partial charge in [0.25, 0.3) is 0 Å². The third kappa shape index (κ3) is 3.96. The molecule has 3 amide bonds. The number of amides is 3. The van der Waals surface area contributed by atoms with E-state index in [1.165, 1.54) is 0 Å². The van der Waals surface area contributed by atoms with Gasteiger partial charge in [-0.05, 0) is 64.9 Å². The largest absolute Gasteiger partial charge is 0.366 e. The maximum Gasteiger partial charge on any atom is 0.323 e. The summed E-state index contributed by atoms with van der Waals surface area (Å²) in [4.78, 5) is 24.4. The van der Waals surface area contributed by atoms with Crippen molar-refractivity contribution in [3.05, 3.63) is 95.1 Å². The quantitative estimate of drug-likeness (QED) is 0.575. The number of hydrogen-bond acceptors (Lipinski definition) is 2. The van der Waals surface area contributed by atoms with E-state index in [2.05, 4.69) is 17.6 Å². The van der Waals surface area contributed by atoms with Crippen LogP contribution in [0.2, 0.25) is 0 Å². The van der Waals surface area contributed by atoms with E-state index in [1.807, 2.05) is 72.8 Å². The summed E-state index contributed by atoms with van der Waals surface area (Å²) in [6, 6.07) is 22.7. The van der Waals surface area contributed by atoms with Gasteiger partial charge in [-0.15, -0.1) is 0 Å². The first-order chi connectivity index (χ1) is 14.5. The van der Waals surface area contributed by atoms with E-state index in [-0.39, 0.29) is 6.03 Å². The number of anilines is 2. The highest BCUT2D eigenvalue weighted by atomic mass is 16.2. The first kappa shape index (κ1) is 19.5. The van der Waals surface area contributed by atoms with Crippen LogP contribution in [-0.2, 0) is 17.6 Å². The van der Waals surface area contributed by atoms with Gasteiger partial charge in [0, 0.05) is 11.4 Å². The average molecular weight is 397 g/mol. The Morgan fingerprint density at radius 2 is 1.63 bits per heavy atom. The van der Waals surface area contributed by atoms with Crippen molar-refractivity contribution in [3.8, 4) is 0 Å². The first-order valence-electron chi connectivity index (χ1n) is 9.93. The molecule has 0 fully saturated rings. The van der Waals surface area contributed by atoms with E-state index in [0.29, 0.717) is 17.7 Å². The van der Waals surface area contributed by atoms with Crippen LogP contribution in [0.3, 0.4) is 0 Å². The molecule has 1 aliphatic rings. The summed E-state index contributed by atoms with van der Waals surface area (Å²) < 4.78 is 0. The molecule has 1 aliphatic carbocycles. The summed E-state index contributed by atoms with van der Waals surface area (Å²) in [6.45, 7) is 2.07. The van der Waals surface area contributed by atoms with Gasteiger partial charge < -0.3 is 16.4 Å². The van der Waals surface area contributed by atoms with E-state index in [0.717, 1.165) is 39.9 Å². The predicted molar refractivity (Wildman–Crippen MR) is 121 cm³/mol. The molecule has 4 rings (SSSR count). The van der Waals surface area contributed by atoms with Gasteiger partial charge in [-0.2, -0.15) is 0 Å². The normalized spacial score (nSPS) is 12.4. The highest BCUT2D eigenvalue weighted by Crippen LogP contribution is 2.38. The zero-order valence-corrected chi connectivity index (χ0v) is 16.7. The fourth-order valence-electron chi connectivity index (χ4n) is 3.80. The molecule has 0 heterocycles. The van der Waals surface area contributed by atoms with Crippen LogP contribution in [0.15, 0.2) is 72.8 Å². The fraction of sp³-hybridized carbons (Fsp3) is 0.120. The molecule has 150 valence electrons. The summed E-state index contributed by atoms with van der Waals surface area (Å²) >= 11 is 0. The molecule has 0 saturated carbocycles. The number of rotatable bonds is 5. The van der Waals surface area contributed by atoms with Gasteiger partial charge in [0.2, 0.25) is 5.91 Å². The standard InChI is InChI=1S/C25H23N3O2/c1-2-16-6-5-8-20(14-16)28-25(30)27-19-12-10-17(11-13-19)22-15-18-7-3-4-9-21(18)23(22)24(26)29/h3-14H,2,15H2,1H3,(H2,26,29)(H2,27,28,30). The van der Waals surface area contributed by atoms with Crippen LogP contribution >= 0.6 is 0 Å². The Kier molecular flexibility index (Phi) is 5.35. The van der Waals surface area contributed by atoms with Gasteiger partial charge in [0.05, 0.1) is 5.57 Å². The summed E-state index contributed by atoms with van der Waals surface area (Å²) in [6.07, 6.45) is 1.57. The summed E-state index contributed by atoms with van der Waals surface area (Å²) in [5.74, 6) is -0.425. The van der Waals surface area contributed by atoms with Crippen molar-refractivity contribution in [2.75, 3.05) is 10.6 Å². The van der Waals surface area contributed by atoms with E-state index in [9.17, 15) is 9.59 Å². The number of primary amides is 1. The summed E-state index contributed by atoms with van der Waals surface area (Å²) in [5.41, 5.74) is 12.6. The molecule has 0 aromatic heterocycles. The Labute approximate surface area is 175 Å². The molecular formula is C25H23N3O2. The maximum atomic E-state index is 12.3. The number of carbonyl (C=O) groups is 2. The number of aryl methyl sites for hydroxylation is 1. The zero-order valence-electron chi connectivity index (χ0n) is 16.7. The first-order valence-corrected chi connectivity index (χ1v) is 9.93. The summed E-state index contributed by atoms with van der Waals surface area (Å²) in [5, 5.41) is 5.69. The van der Waals surface area contributed by atoms with E-state index in [4.69, 9.17) is 5.73 Å². The second kappa shape index (κ2) is 8.25. The Balaban J connectivity index is 1.50. The third-order valence-corrected chi connectivity index (χ3v) is 5.29. The van der Waals surface area contributed by atoms with Crippen LogP contribution in [-0.4, -0.2) is 11.9 Å². The number of hydrogen-bond donors (Lipinski definition) is 3. The molecule has 0 saturated heterocycles. The van der Waals surface area contributed by atoms with Gasteiger partial charge in [-0.3, -0.25) is 4.79 Å². The molecule has 5 nitrogen and oxygen atoms in total. The smallest absolute Gasteiger partial charge is 0.323 e. The number of carbonyl (C=O) groups excluding carboxylic acids is 2. The molecule has 0 atom stereocenters. The Hall–Kier alpha value is -3.86. The van der Waals surface area contributed by atoms with Crippen molar-refractivity contribution < 1.29 is 9.59 Å². The van der Waals surface area contributed by atoms with Crippen molar-refractivity contribution in [3.63, 3.8) is 0 Å². The van der Waals surface area contributed by atoms with Crippen LogP contribution in [0.25, 0.3) is 11.1 Å². The van der Waals surface area contributed by atoms with Crippen molar-refractivity contribution in [2.24, 2.45) is 5.73 Å². The lowest BCUT2D eigenvalue weighted by molar-refractivity contribution is -0.112. The molecule has 0 bridgehead atoms. The van der Waals surface area contributed by atoms with Gasteiger partial charge in [-0.1, -0.05) is 55.5 Å². The van der Waals surface area contributed by atoms with E-state index in [1.54, 1.807) is 0 Å². The lowest BCUT2D eigenvalue weighted by Gasteiger charge is -2.10. The molecule has 5 heteroatoms. The lowest BCUT2D eigenvalue weighted by Crippen LogP contribution is -2.19. The second-order valence-electron chi connectivity index (χ2n) is 7.26. The monoisotopic (exact) mass is 397 g/mol. The second-order valence-corrected chi connectivity index (χ2v) is 7.26. The fourth-order valence-corrected chi connectivity index (χ4v) is 3.80. The number of benzene rings is 3. The van der Waals surface area contributed by atoms with Crippen molar-refractivity contribution in [1.82, 2.24) is 0 Å². The molecule has 4 N–H and O–H groups in total. The Morgan fingerprint density at radius 1 is 0.900 bits per heavy atom. The molecule has 30 heavy (non-hydrogen) atoms. The maximum absolute atomic E-state index is 12.3. The molecule has 0 spiro atoms. The van der Waals surface area contributed by atoms with Crippen LogP contribution in [0, 0.1) is 0 Å². The number of allylic oxidation sites excluding steroid dienone is 1. The third-order valence-electron chi connectivity index (χ3n) is 5.29. The average Bonchev–Trinajstić information content (AvgIpc) is 3.14. The van der Waals surface area contributed by atoms with Crippen LogP contribution < -0.4 is 16.4 Å². The summed E-state index contributed by atoms with van der Waals surface area (Å²) in [7, 11) is 0. The highest BCUT2D eigenvalue weighted by molar-refractivity contribution is 6.28. The molecule has 3 aromatic carbocycles. The van der Waals surface area contributed by atoms with Crippen molar-refractivity contribution in [2.45, 2.75) is 19.8 Å². The molecule has 0 unspecified atom stereocenters. The SMILES string of the molecule is CCc1cccc(NC(=O)Nc2ccc(C3=C(C(N)=O)c4ccccc4C3)cc2)c1. The Bertz CT molecular complexity index is 1150. The number of nitrogens with two attached hydrogens (primary N) is 1.